The third kappa shape index (κ3) is 0.993. The first-order chi connectivity index (χ1) is 5.33. The van der Waals surface area contributed by atoms with E-state index in [2.05, 4.69) is 4.90 Å². The first-order valence-corrected chi connectivity index (χ1v) is 4.21. The predicted octanol–water partition coefficient (Wildman–Crippen LogP) is -0.358. The third-order valence-corrected chi connectivity index (χ3v) is 2.87. The Morgan fingerprint density at radius 3 is 2.45 bits per heavy atom. The molecule has 2 bridgehead atoms. The van der Waals surface area contributed by atoms with Gasteiger partial charge in [-0.05, 0) is 25.9 Å². The van der Waals surface area contributed by atoms with Gasteiger partial charge in [0.1, 0.15) is 0 Å². The van der Waals surface area contributed by atoms with Crippen LogP contribution in [0.2, 0.25) is 0 Å². The Labute approximate surface area is 66.0 Å². The molecule has 0 aromatic heterocycles. The fourth-order valence-corrected chi connectivity index (χ4v) is 2.15. The highest BCUT2D eigenvalue weighted by Gasteiger charge is 2.40. The monoisotopic (exact) mass is 155 g/mol. The zero-order valence-electron chi connectivity index (χ0n) is 6.49. The third-order valence-electron chi connectivity index (χ3n) is 2.87. The van der Waals surface area contributed by atoms with Crippen LogP contribution in [0.25, 0.3) is 0 Å². The zero-order chi connectivity index (χ0) is 7.84. The Morgan fingerprint density at radius 2 is 2.09 bits per heavy atom. The first-order valence-electron chi connectivity index (χ1n) is 4.21. The number of piperidine rings is 3. The number of carbonyl (C=O) groups is 1. The van der Waals surface area contributed by atoms with Crippen LogP contribution in [0, 0.1) is 5.92 Å². The van der Waals surface area contributed by atoms with Crippen LogP contribution in [0.3, 0.4) is 0 Å². The van der Waals surface area contributed by atoms with Crippen LogP contribution in [-0.2, 0) is 4.79 Å². The van der Waals surface area contributed by atoms with Gasteiger partial charge in [-0.25, -0.2) is 0 Å². The highest BCUT2D eigenvalue weighted by molar-refractivity contribution is 5.87. The molecule has 3 heteroatoms. The van der Waals surface area contributed by atoms with Crippen molar-refractivity contribution in [2.24, 2.45) is 5.92 Å². The number of aliphatic hydroxyl groups excluding tert-OH is 1. The van der Waals surface area contributed by atoms with Crippen LogP contribution in [0.1, 0.15) is 12.8 Å². The lowest BCUT2D eigenvalue weighted by Crippen LogP contribution is -2.56. The molecule has 3 rings (SSSR count). The lowest BCUT2D eigenvalue weighted by molar-refractivity contribution is -0.138. The van der Waals surface area contributed by atoms with Gasteiger partial charge in [-0.15, -0.1) is 0 Å². The molecule has 3 aliphatic heterocycles. The van der Waals surface area contributed by atoms with Crippen molar-refractivity contribution in [2.45, 2.75) is 18.9 Å². The van der Waals surface area contributed by atoms with Crippen LogP contribution >= 0.6 is 0 Å². The van der Waals surface area contributed by atoms with E-state index in [-0.39, 0.29) is 24.3 Å². The smallest absolute Gasteiger partial charge is 0.155 e. The predicted molar refractivity (Wildman–Crippen MR) is 40.2 cm³/mol. The van der Waals surface area contributed by atoms with E-state index in [1.165, 1.54) is 0 Å². The van der Waals surface area contributed by atoms with Crippen molar-refractivity contribution in [3.63, 3.8) is 0 Å². The molecule has 0 aromatic carbocycles. The van der Waals surface area contributed by atoms with Gasteiger partial charge in [-0.1, -0.05) is 0 Å². The SMILES string of the molecule is O=C1C2CCN(CC2)C1CO. The van der Waals surface area contributed by atoms with Crippen molar-refractivity contribution in [1.29, 1.82) is 0 Å². The minimum absolute atomic E-state index is 0.00926. The van der Waals surface area contributed by atoms with E-state index < -0.39 is 0 Å². The molecule has 62 valence electrons. The summed E-state index contributed by atoms with van der Waals surface area (Å²) in [6, 6.07) is -0.164. The molecule has 1 unspecified atom stereocenters. The maximum absolute atomic E-state index is 11.4. The Bertz CT molecular complexity index is 173. The summed E-state index contributed by atoms with van der Waals surface area (Å²) in [6.45, 7) is 2.01. The number of hydrogen-bond donors (Lipinski definition) is 1. The van der Waals surface area contributed by atoms with Gasteiger partial charge in [0.05, 0.1) is 12.6 Å². The highest BCUT2D eigenvalue weighted by Crippen LogP contribution is 2.28. The minimum atomic E-state index is -0.164. The maximum atomic E-state index is 11.4. The van der Waals surface area contributed by atoms with Crippen LogP contribution in [0.4, 0.5) is 0 Å². The Hall–Kier alpha value is -0.410. The van der Waals surface area contributed by atoms with Crippen molar-refractivity contribution in [3.05, 3.63) is 0 Å². The van der Waals surface area contributed by atoms with Gasteiger partial charge in [0.25, 0.3) is 0 Å². The first kappa shape index (κ1) is 7.25. The summed E-state index contributed by atoms with van der Waals surface area (Å²) >= 11 is 0. The largest absolute Gasteiger partial charge is 0.394 e. The fraction of sp³-hybridized carbons (Fsp3) is 0.875. The number of Topliss-reactive ketones (excluding diaryl/α,β-unsaturated/α-hetero) is 1. The molecule has 0 aliphatic carbocycles. The summed E-state index contributed by atoms with van der Waals surface area (Å²) in [5.41, 5.74) is 0. The molecule has 3 nitrogen and oxygen atoms in total. The molecule has 0 aromatic rings. The second kappa shape index (κ2) is 2.57. The quantitative estimate of drug-likeness (QED) is 0.562. The normalized spacial score (nSPS) is 43.0. The summed E-state index contributed by atoms with van der Waals surface area (Å²) < 4.78 is 0. The van der Waals surface area contributed by atoms with E-state index in [4.69, 9.17) is 5.11 Å². The second-order valence-corrected chi connectivity index (χ2v) is 3.41. The topological polar surface area (TPSA) is 40.5 Å². The molecule has 1 N–H and O–H groups in total. The highest BCUT2D eigenvalue weighted by atomic mass is 16.3. The summed E-state index contributed by atoms with van der Waals surface area (Å²) in [5.74, 6) is 0.530. The van der Waals surface area contributed by atoms with Gasteiger partial charge in [-0.3, -0.25) is 9.69 Å². The number of nitrogens with zero attached hydrogens (tertiary/aromatic N) is 1. The number of carbonyl (C=O) groups excluding carboxylic acids is 1. The second-order valence-electron chi connectivity index (χ2n) is 3.41. The van der Waals surface area contributed by atoms with Crippen LogP contribution in [0.15, 0.2) is 0 Å². The zero-order valence-corrected chi connectivity index (χ0v) is 6.49. The van der Waals surface area contributed by atoms with Crippen LogP contribution in [-0.4, -0.2) is 41.5 Å². The van der Waals surface area contributed by atoms with Crippen molar-refractivity contribution in [2.75, 3.05) is 19.7 Å². The maximum Gasteiger partial charge on any atom is 0.155 e. The average Bonchev–Trinajstić information content (AvgIpc) is 2.06. The number of hydrogen-bond acceptors (Lipinski definition) is 3. The van der Waals surface area contributed by atoms with E-state index in [0.717, 1.165) is 25.9 Å². The van der Waals surface area contributed by atoms with Crippen molar-refractivity contribution in [1.82, 2.24) is 4.90 Å². The van der Waals surface area contributed by atoms with Crippen molar-refractivity contribution in [3.8, 4) is 0 Å². The number of aliphatic hydroxyl groups is 1. The van der Waals surface area contributed by atoms with Gasteiger partial charge < -0.3 is 5.11 Å². The molecule has 11 heavy (non-hydrogen) atoms. The molecule has 1 atom stereocenters. The molecule has 0 spiro atoms. The summed E-state index contributed by atoms with van der Waals surface area (Å²) in [6.07, 6.45) is 2.02. The fourth-order valence-electron chi connectivity index (χ4n) is 2.15. The lowest BCUT2D eigenvalue weighted by atomic mass is 9.82. The standard InChI is InChI=1S/C8H13NO2/c10-5-7-8(11)6-1-3-9(7)4-2-6/h6-7,10H,1-5H2. The van der Waals surface area contributed by atoms with Crippen LogP contribution in [0.5, 0.6) is 0 Å². The van der Waals surface area contributed by atoms with Crippen molar-refractivity contribution >= 4 is 5.78 Å². The minimum Gasteiger partial charge on any atom is -0.394 e. The Morgan fingerprint density at radius 1 is 1.45 bits per heavy atom. The van der Waals surface area contributed by atoms with Crippen LogP contribution < -0.4 is 0 Å². The van der Waals surface area contributed by atoms with Gasteiger partial charge in [0.15, 0.2) is 5.78 Å². The summed E-state index contributed by atoms with van der Waals surface area (Å²) in [4.78, 5) is 13.5. The average molecular weight is 155 g/mol. The molecule has 0 amide bonds. The van der Waals surface area contributed by atoms with Gasteiger partial charge in [-0.2, -0.15) is 0 Å². The van der Waals surface area contributed by atoms with E-state index in [9.17, 15) is 4.79 Å². The lowest BCUT2D eigenvalue weighted by Gasteiger charge is -2.43. The Kier molecular flexibility index (Phi) is 1.69. The van der Waals surface area contributed by atoms with E-state index in [1.54, 1.807) is 0 Å². The number of ketones is 1. The summed E-state index contributed by atoms with van der Waals surface area (Å²) in [7, 11) is 0. The van der Waals surface area contributed by atoms with Gasteiger partial charge in [0, 0.05) is 5.92 Å². The van der Waals surface area contributed by atoms with E-state index >= 15 is 0 Å². The molecule has 3 heterocycles. The van der Waals surface area contributed by atoms with Gasteiger partial charge >= 0.3 is 0 Å². The molecular formula is C8H13NO2. The summed E-state index contributed by atoms with van der Waals surface area (Å²) in [5, 5.41) is 8.92. The molecule has 3 saturated heterocycles. The van der Waals surface area contributed by atoms with E-state index in [1.807, 2.05) is 0 Å². The molecule has 0 radical (unpaired) electrons. The molecule has 3 aliphatic rings. The number of rotatable bonds is 1. The van der Waals surface area contributed by atoms with Gasteiger partial charge in [0.2, 0.25) is 0 Å². The van der Waals surface area contributed by atoms with Crippen molar-refractivity contribution < 1.29 is 9.90 Å². The molecule has 3 fully saturated rings. The Balaban J connectivity index is 2.16. The van der Waals surface area contributed by atoms with E-state index in [0.29, 0.717) is 0 Å². The molecular weight excluding hydrogens is 142 g/mol. The molecule has 0 saturated carbocycles. The number of fused-ring (bicyclic) bond motifs is 3.